The van der Waals surface area contributed by atoms with Crippen molar-refractivity contribution in [2.45, 2.75) is 46.1 Å². The van der Waals surface area contributed by atoms with Gasteiger partial charge in [0.1, 0.15) is 0 Å². The Morgan fingerprint density at radius 3 is 2.95 bits per heavy atom. The predicted molar refractivity (Wildman–Crippen MR) is 89.4 cm³/mol. The van der Waals surface area contributed by atoms with Gasteiger partial charge < -0.3 is 5.32 Å². The molecule has 0 aliphatic carbocycles. The van der Waals surface area contributed by atoms with Crippen LogP contribution >= 0.6 is 11.3 Å². The molecular weight excluding hydrogens is 280 g/mol. The molecule has 4 heteroatoms. The highest BCUT2D eigenvalue weighted by Crippen LogP contribution is 2.20. The summed E-state index contributed by atoms with van der Waals surface area (Å²) in [5, 5.41) is 5.32. The van der Waals surface area contributed by atoms with E-state index in [1.54, 1.807) is 0 Å². The zero-order chi connectivity index (χ0) is 15.1. The second-order valence-corrected chi connectivity index (χ2v) is 7.11. The highest BCUT2D eigenvalue weighted by molar-refractivity contribution is 7.09. The monoisotopic (exact) mass is 308 g/mol. The highest BCUT2D eigenvalue weighted by Gasteiger charge is 2.22. The minimum Gasteiger partial charge on any atom is -0.356 e. The summed E-state index contributed by atoms with van der Waals surface area (Å²) >= 11 is 1.83. The molecule has 0 spiro atoms. The molecule has 1 fully saturated rings. The molecule has 1 atom stereocenters. The number of nitrogens with one attached hydrogen (secondary N) is 1. The van der Waals surface area contributed by atoms with Crippen molar-refractivity contribution in [2.75, 3.05) is 19.6 Å². The number of hydrogen-bond donors (Lipinski definition) is 1. The van der Waals surface area contributed by atoms with Crippen molar-refractivity contribution in [1.82, 2.24) is 10.2 Å². The lowest BCUT2D eigenvalue weighted by atomic mass is 9.97. The molecule has 0 aromatic carbocycles. The van der Waals surface area contributed by atoms with Gasteiger partial charge in [0.15, 0.2) is 0 Å². The quantitative estimate of drug-likeness (QED) is 0.836. The standard InChI is InChI=1S/C17H28N2OS/c1-3-15(4-2)17(20)18-11-14-7-5-9-19(12-14)13-16-8-6-10-21-16/h6,8,10,14-15H,3-5,7,9,11-13H2,1-2H3,(H,18,20)/t14-/m1/s1. The Labute approximate surface area is 132 Å². The maximum absolute atomic E-state index is 12.1. The van der Waals surface area contributed by atoms with Crippen LogP contribution < -0.4 is 5.32 Å². The zero-order valence-corrected chi connectivity index (χ0v) is 14.1. The van der Waals surface area contributed by atoms with E-state index in [9.17, 15) is 4.79 Å². The van der Waals surface area contributed by atoms with Crippen molar-refractivity contribution in [2.24, 2.45) is 11.8 Å². The van der Waals surface area contributed by atoms with E-state index in [1.807, 2.05) is 11.3 Å². The number of hydrogen-bond acceptors (Lipinski definition) is 3. The third-order valence-electron chi connectivity index (χ3n) is 4.48. The molecule has 1 N–H and O–H groups in total. The fourth-order valence-corrected chi connectivity index (χ4v) is 3.88. The van der Waals surface area contributed by atoms with Crippen molar-refractivity contribution in [3.63, 3.8) is 0 Å². The Kier molecular flexibility index (Phi) is 6.71. The normalized spacial score (nSPS) is 19.9. The van der Waals surface area contributed by atoms with E-state index >= 15 is 0 Å². The van der Waals surface area contributed by atoms with E-state index in [-0.39, 0.29) is 11.8 Å². The molecule has 1 aliphatic rings. The fraction of sp³-hybridized carbons (Fsp3) is 0.706. The number of amides is 1. The second kappa shape index (κ2) is 8.54. The van der Waals surface area contributed by atoms with Gasteiger partial charge in [-0.1, -0.05) is 19.9 Å². The minimum absolute atomic E-state index is 0.191. The van der Waals surface area contributed by atoms with Gasteiger partial charge in [0.05, 0.1) is 0 Å². The Morgan fingerprint density at radius 2 is 2.29 bits per heavy atom. The average molecular weight is 308 g/mol. The number of likely N-dealkylation sites (tertiary alicyclic amines) is 1. The highest BCUT2D eigenvalue weighted by atomic mass is 32.1. The molecule has 118 valence electrons. The summed E-state index contributed by atoms with van der Waals surface area (Å²) in [6.45, 7) is 8.40. The smallest absolute Gasteiger partial charge is 0.223 e. The molecule has 1 aliphatic heterocycles. The van der Waals surface area contributed by atoms with Crippen LogP contribution in [0.2, 0.25) is 0 Å². The van der Waals surface area contributed by atoms with Crippen LogP contribution in [-0.4, -0.2) is 30.4 Å². The predicted octanol–water partition coefficient (Wildman–Crippen LogP) is 3.51. The van der Waals surface area contributed by atoms with Crippen molar-refractivity contribution in [3.05, 3.63) is 22.4 Å². The lowest BCUT2D eigenvalue weighted by Crippen LogP contribution is -2.41. The number of piperidine rings is 1. The maximum atomic E-state index is 12.1. The Morgan fingerprint density at radius 1 is 1.48 bits per heavy atom. The van der Waals surface area contributed by atoms with Gasteiger partial charge in [-0.3, -0.25) is 9.69 Å². The molecule has 0 bridgehead atoms. The maximum Gasteiger partial charge on any atom is 0.223 e. The first kappa shape index (κ1) is 16.5. The lowest BCUT2D eigenvalue weighted by molar-refractivity contribution is -0.125. The molecule has 1 saturated heterocycles. The summed E-state index contributed by atoms with van der Waals surface area (Å²) < 4.78 is 0. The van der Waals surface area contributed by atoms with Gasteiger partial charge in [0.25, 0.3) is 0 Å². The molecule has 1 aromatic heterocycles. The van der Waals surface area contributed by atoms with Crippen LogP contribution in [0.15, 0.2) is 17.5 Å². The summed E-state index contributed by atoms with van der Waals surface area (Å²) in [4.78, 5) is 16.0. The summed E-state index contributed by atoms with van der Waals surface area (Å²) in [6.07, 6.45) is 4.37. The average Bonchev–Trinajstić information content (AvgIpc) is 3.00. The summed E-state index contributed by atoms with van der Waals surface area (Å²) in [6, 6.07) is 4.33. The van der Waals surface area contributed by atoms with Crippen LogP contribution in [-0.2, 0) is 11.3 Å². The van der Waals surface area contributed by atoms with E-state index in [1.165, 1.54) is 24.3 Å². The zero-order valence-electron chi connectivity index (χ0n) is 13.3. The van der Waals surface area contributed by atoms with E-state index < -0.39 is 0 Å². The summed E-state index contributed by atoms with van der Waals surface area (Å²) in [7, 11) is 0. The van der Waals surface area contributed by atoms with Crippen LogP contribution in [0.1, 0.15) is 44.4 Å². The van der Waals surface area contributed by atoms with Gasteiger partial charge in [-0.2, -0.15) is 0 Å². The molecule has 0 radical (unpaired) electrons. The van der Waals surface area contributed by atoms with E-state index in [4.69, 9.17) is 0 Å². The van der Waals surface area contributed by atoms with Gasteiger partial charge >= 0.3 is 0 Å². The molecule has 21 heavy (non-hydrogen) atoms. The van der Waals surface area contributed by atoms with Gasteiger partial charge in [-0.15, -0.1) is 11.3 Å². The van der Waals surface area contributed by atoms with E-state index in [0.29, 0.717) is 5.92 Å². The second-order valence-electron chi connectivity index (χ2n) is 6.08. The molecule has 1 aromatic rings. The van der Waals surface area contributed by atoms with Gasteiger partial charge in [-0.25, -0.2) is 0 Å². The number of thiophene rings is 1. The molecule has 2 heterocycles. The Bertz CT molecular complexity index is 414. The van der Waals surface area contributed by atoms with Gasteiger partial charge in [-0.05, 0) is 49.6 Å². The van der Waals surface area contributed by atoms with Crippen molar-refractivity contribution in [3.8, 4) is 0 Å². The number of nitrogens with zero attached hydrogens (tertiary/aromatic N) is 1. The topological polar surface area (TPSA) is 32.3 Å². The van der Waals surface area contributed by atoms with E-state index in [0.717, 1.165) is 32.5 Å². The van der Waals surface area contributed by atoms with Crippen LogP contribution in [0.4, 0.5) is 0 Å². The number of carbonyl (C=O) groups excluding carboxylic acids is 1. The van der Waals surface area contributed by atoms with Gasteiger partial charge in [0.2, 0.25) is 5.91 Å². The lowest BCUT2D eigenvalue weighted by Gasteiger charge is -2.32. The number of carbonyl (C=O) groups is 1. The van der Waals surface area contributed by atoms with Crippen LogP contribution in [0.25, 0.3) is 0 Å². The first-order valence-corrected chi connectivity index (χ1v) is 9.13. The molecule has 1 amide bonds. The van der Waals surface area contributed by atoms with Gasteiger partial charge in [0, 0.05) is 30.4 Å². The van der Waals surface area contributed by atoms with Crippen LogP contribution in [0.3, 0.4) is 0 Å². The molecule has 3 nitrogen and oxygen atoms in total. The first-order valence-electron chi connectivity index (χ1n) is 8.25. The SMILES string of the molecule is CCC(CC)C(=O)NC[C@H]1CCCN(Cc2cccs2)C1. The number of rotatable bonds is 7. The largest absolute Gasteiger partial charge is 0.356 e. The summed E-state index contributed by atoms with van der Waals surface area (Å²) in [5.74, 6) is 1.04. The molecule has 2 rings (SSSR count). The van der Waals surface area contributed by atoms with Crippen LogP contribution in [0, 0.1) is 11.8 Å². The third-order valence-corrected chi connectivity index (χ3v) is 5.35. The van der Waals surface area contributed by atoms with Crippen molar-refractivity contribution >= 4 is 17.2 Å². The molecule has 0 saturated carbocycles. The third kappa shape index (κ3) is 5.11. The van der Waals surface area contributed by atoms with Crippen molar-refractivity contribution in [1.29, 1.82) is 0 Å². The molecule has 0 unspecified atom stereocenters. The van der Waals surface area contributed by atoms with Crippen molar-refractivity contribution < 1.29 is 4.79 Å². The first-order chi connectivity index (χ1) is 10.2. The Hall–Kier alpha value is -0.870. The summed E-state index contributed by atoms with van der Waals surface area (Å²) in [5.41, 5.74) is 0. The van der Waals surface area contributed by atoms with E-state index in [2.05, 4.69) is 41.6 Å². The Balaban J connectivity index is 1.75. The fourth-order valence-electron chi connectivity index (χ4n) is 3.13. The minimum atomic E-state index is 0.191. The van der Waals surface area contributed by atoms with Crippen LogP contribution in [0.5, 0.6) is 0 Å². The molecular formula is C17H28N2OS.